The van der Waals surface area contributed by atoms with E-state index in [2.05, 4.69) is 5.32 Å². The van der Waals surface area contributed by atoms with E-state index < -0.39 is 23.2 Å². The van der Waals surface area contributed by atoms with Crippen LogP contribution < -0.4 is 5.32 Å². The Morgan fingerprint density at radius 2 is 1.88 bits per heavy atom. The number of nitro groups is 1. The van der Waals surface area contributed by atoms with Gasteiger partial charge in [0.25, 0.3) is 5.69 Å². The molecule has 26 heavy (non-hydrogen) atoms. The fraction of sp³-hybridized carbons (Fsp3) is 0.278. The van der Waals surface area contributed by atoms with Crippen LogP contribution in [0.3, 0.4) is 0 Å². The summed E-state index contributed by atoms with van der Waals surface area (Å²) in [5, 5.41) is 33.3. The fourth-order valence-corrected chi connectivity index (χ4v) is 2.30. The van der Waals surface area contributed by atoms with Gasteiger partial charge in [0, 0.05) is 18.7 Å². The zero-order valence-electron chi connectivity index (χ0n) is 13.9. The van der Waals surface area contributed by atoms with Gasteiger partial charge in [0.1, 0.15) is 12.7 Å². The Morgan fingerprint density at radius 1 is 1.15 bits per heavy atom. The van der Waals surface area contributed by atoms with Gasteiger partial charge in [-0.15, -0.1) is 0 Å². The molecule has 0 aliphatic heterocycles. The van der Waals surface area contributed by atoms with Gasteiger partial charge in [-0.2, -0.15) is 0 Å². The van der Waals surface area contributed by atoms with Crippen LogP contribution in [0.5, 0.6) is 0 Å². The second-order valence-electron chi connectivity index (χ2n) is 5.64. The maximum Gasteiger partial charge on any atom is 0.407 e. The summed E-state index contributed by atoms with van der Waals surface area (Å²) in [4.78, 5) is 21.8. The van der Waals surface area contributed by atoms with Crippen LogP contribution in [0.2, 0.25) is 0 Å². The number of nitro benzene ring substituents is 1. The number of nitrogens with zero attached hydrogens (tertiary/aromatic N) is 1. The molecule has 0 bridgehead atoms. The van der Waals surface area contributed by atoms with Gasteiger partial charge in [-0.1, -0.05) is 42.5 Å². The van der Waals surface area contributed by atoms with E-state index in [0.717, 1.165) is 5.56 Å². The highest BCUT2D eigenvalue weighted by Gasteiger charge is 2.20. The van der Waals surface area contributed by atoms with Gasteiger partial charge in [-0.25, -0.2) is 4.79 Å². The molecular formula is C18H20N2O6. The number of benzene rings is 2. The molecule has 8 nitrogen and oxygen atoms in total. The van der Waals surface area contributed by atoms with E-state index in [1.807, 2.05) is 30.3 Å². The van der Waals surface area contributed by atoms with Crippen molar-refractivity contribution in [1.82, 2.24) is 5.32 Å². The van der Waals surface area contributed by atoms with Crippen molar-refractivity contribution in [2.75, 3.05) is 6.54 Å². The van der Waals surface area contributed by atoms with Crippen molar-refractivity contribution >= 4 is 11.8 Å². The molecule has 2 aromatic carbocycles. The number of alkyl carbamates (subject to hydrolysis) is 1. The van der Waals surface area contributed by atoms with Crippen molar-refractivity contribution in [3.05, 3.63) is 75.8 Å². The molecule has 0 fully saturated rings. The van der Waals surface area contributed by atoms with E-state index in [-0.39, 0.29) is 30.8 Å². The highest BCUT2D eigenvalue weighted by Crippen LogP contribution is 2.22. The minimum Gasteiger partial charge on any atom is -0.445 e. The first-order chi connectivity index (χ1) is 12.5. The lowest BCUT2D eigenvalue weighted by molar-refractivity contribution is -0.385. The number of carbonyl (C=O) groups is 1. The third-order valence-corrected chi connectivity index (χ3v) is 3.71. The van der Waals surface area contributed by atoms with Gasteiger partial charge in [0.2, 0.25) is 0 Å². The summed E-state index contributed by atoms with van der Waals surface area (Å²) in [7, 11) is 0. The summed E-state index contributed by atoms with van der Waals surface area (Å²) < 4.78 is 5.03. The molecule has 2 atom stereocenters. The first kappa shape index (κ1) is 19.4. The standard InChI is InChI=1S/C18H20N2O6/c21-16(17(22)14-7-4-8-15(11-14)20(24)25)9-10-19-18(23)26-12-13-5-2-1-3-6-13/h1-8,11,16-17,21-22H,9-10,12H2,(H,19,23). The molecule has 0 aliphatic rings. The maximum atomic E-state index is 11.6. The molecule has 0 radical (unpaired) electrons. The number of hydrogen-bond acceptors (Lipinski definition) is 6. The summed E-state index contributed by atoms with van der Waals surface area (Å²) in [6.45, 7) is 0.215. The van der Waals surface area contributed by atoms with Crippen LogP contribution in [0.1, 0.15) is 23.7 Å². The van der Waals surface area contributed by atoms with Crippen molar-refractivity contribution in [3.8, 4) is 0 Å². The predicted octanol–water partition coefficient (Wildman–Crippen LogP) is 2.31. The fourth-order valence-electron chi connectivity index (χ4n) is 2.30. The van der Waals surface area contributed by atoms with Crippen LogP contribution >= 0.6 is 0 Å². The van der Waals surface area contributed by atoms with Gasteiger partial charge in [0.15, 0.2) is 0 Å². The summed E-state index contributed by atoms with van der Waals surface area (Å²) in [5.41, 5.74) is 0.915. The topological polar surface area (TPSA) is 122 Å². The Bertz CT molecular complexity index is 737. The minimum atomic E-state index is -1.29. The van der Waals surface area contributed by atoms with Crippen LogP contribution in [0.15, 0.2) is 54.6 Å². The van der Waals surface area contributed by atoms with Gasteiger partial charge in [-0.05, 0) is 17.5 Å². The third kappa shape index (κ3) is 5.83. The van der Waals surface area contributed by atoms with Crippen molar-refractivity contribution in [1.29, 1.82) is 0 Å². The van der Waals surface area contributed by atoms with E-state index in [4.69, 9.17) is 4.74 Å². The molecule has 138 valence electrons. The number of aliphatic hydroxyl groups excluding tert-OH is 2. The van der Waals surface area contributed by atoms with Crippen LogP contribution in [-0.4, -0.2) is 33.9 Å². The number of rotatable bonds is 8. The molecule has 0 saturated heterocycles. The number of carbonyl (C=O) groups excluding carboxylic acids is 1. The summed E-state index contributed by atoms with van der Waals surface area (Å²) in [6, 6.07) is 14.6. The van der Waals surface area contributed by atoms with Gasteiger partial charge in [0.05, 0.1) is 11.0 Å². The normalized spacial score (nSPS) is 12.8. The first-order valence-corrected chi connectivity index (χ1v) is 8.02. The Labute approximate surface area is 150 Å². The zero-order chi connectivity index (χ0) is 18.9. The second kappa shape index (κ2) is 9.50. The molecule has 0 aromatic heterocycles. The lowest BCUT2D eigenvalue weighted by atomic mass is 10.0. The average Bonchev–Trinajstić information content (AvgIpc) is 2.66. The minimum absolute atomic E-state index is 0.0598. The quantitative estimate of drug-likeness (QED) is 0.490. The van der Waals surface area contributed by atoms with E-state index in [0.29, 0.717) is 0 Å². The SMILES string of the molecule is O=C(NCCC(O)C(O)c1cccc([N+](=O)[O-])c1)OCc1ccccc1. The van der Waals surface area contributed by atoms with E-state index >= 15 is 0 Å². The summed E-state index contributed by atoms with van der Waals surface area (Å²) in [6.07, 6.45) is -3.06. The molecule has 0 spiro atoms. The molecule has 2 rings (SSSR count). The molecule has 1 amide bonds. The van der Waals surface area contributed by atoms with Gasteiger partial charge >= 0.3 is 6.09 Å². The molecule has 0 aliphatic carbocycles. The van der Waals surface area contributed by atoms with Crippen molar-refractivity contribution in [3.63, 3.8) is 0 Å². The zero-order valence-corrected chi connectivity index (χ0v) is 13.9. The number of ether oxygens (including phenoxy) is 1. The summed E-state index contributed by atoms with van der Waals surface area (Å²) in [5.74, 6) is 0. The highest BCUT2D eigenvalue weighted by molar-refractivity contribution is 5.67. The van der Waals surface area contributed by atoms with Crippen LogP contribution in [-0.2, 0) is 11.3 Å². The first-order valence-electron chi connectivity index (χ1n) is 8.02. The summed E-state index contributed by atoms with van der Waals surface area (Å²) >= 11 is 0. The Hall–Kier alpha value is -2.97. The smallest absolute Gasteiger partial charge is 0.407 e. The monoisotopic (exact) mass is 360 g/mol. The lowest BCUT2D eigenvalue weighted by Crippen LogP contribution is -2.29. The number of hydrogen-bond donors (Lipinski definition) is 3. The van der Waals surface area contributed by atoms with Gasteiger partial charge < -0.3 is 20.3 Å². The number of non-ortho nitro benzene ring substituents is 1. The molecular weight excluding hydrogens is 340 g/mol. The molecule has 0 heterocycles. The highest BCUT2D eigenvalue weighted by atomic mass is 16.6. The largest absolute Gasteiger partial charge is 0.445 e. The van der Waals surface area contributed by atoms with Crippen LogP contribution in [0, 0.1) is 10.1 Å². The third-order valence-electron chi connectivity index (χ3n) is 3.71. The van der Waals surface area contributed by atoms with E-state index in [1.54, 1.807) is 0 Å². The molecule has 0 saturated carbocycles. The lowest BCUT2D eigenvalue weighted by Gasteiger charge is -2.18. The maximum absolute atomic E-state index is 11.6. The van der Waals surface area contributed by atoms with Gasteiger partial charge in [-0.3, -0.25) is 10.1 Å². The van der Waals surface area contributed by atoms with Crippen LogP contribution in [0.25, 0.3) is 0 Å². The number of nitrogens with one attached hydrogen (secondary N) is 1. The Morgan fingerprint density at radius 3 is 2.58 bits per heavy atom. The predicted molar refractivity (Wildman–Crippen MR) is 93.3 cm³/mol. The van der Waals surface area contributed by atoms with Crippen molar-refractivity contribution in [2.45, 2.75) is 25.2 Å². The Kier molecular flexibility index (Phi) is 7.07. The van der Waals surface area contributed by atoms with E-state index in [9.17, 15) is 25.1 Å². The number of aliphatic hydroxyl groups is 2. The second-order valence-corrected chi connectivity index (χ2v) is 5.64. The van der Waals surface area contributed by atoms with Crippen LogP contribution in [0.4, 0.5) is 10.5 Å². The molecule has 2 aromatic rings. The molecule has 8 heteroatoms. The van der Waals surface area contributed by atoms with E-state index in [1.165, 1.54) is 24.3 Å². The number of amides is 1. The van der Waals surface area contributed by atoms with Crippen molar-refractivity contribution in [2.24, 2.45) is 0 Å². The Balaban J connectivity index is 1.75. The molecule has 3 N–H and O–H groups in total. The molecule has 2 unspecified atom stereocenters. The van der Waals surface area contributed by atoms with Crippen molar-refractivity contribution < 1.29 is 24.7 Å². The average molecular weight is 360 g/mol.